The van der Waals surface area contributed by atoms with Gasteiger partial charge in [0.2, 0.25) is 0 Å². The highest BCUT2D eigenvalue weighted by atomic mass is 16.6. The Morgan fingerprint density at radius 3 is 0.700 bits per heavy atom. The van der Waals surface area contributed by atoms with Crippen molar-refractivity contribution >= 4 is 17.9 Å². The molecule has 0 saturated heterocycles. The molecule has 0 rings (SSSR count). The van der Waals surface area contributed by atoms with Gasteiger partial charge in [-0.05, 0) is 57.8 Å². The van der Waals surface area contributed by atoms with Crippen LogP contribution in [0.3, 0.4) is 0 Å². The fourth-order valence-electron chi connectivity index (χ4n) is 11.0. The molecule has 0 aromatic heterocycles. The molecule has 1 unspecified atom stereocenters. The molecule has 0 aliphatic rings. The van der Waals surface area contributed by atoms with Crippen molar-refractivity contribution < 1.29 is 28.6 Å². The Kier molecular flexibility index (Phi) is 67.1. The predicted octanol–water partition coefficient (Wildman–Crippen LogP) is 24.7. The Morgan fingerprint density at radius 2 is 0.450 bits per heavy atom. The highest BCUT2D eigenvalue weighted by Crippen LogP contribution is 2.19. The van der Waals surface area contributed by atoms with Crippen molar-refractivity contribution in [2.45, 2.75) is 406 Å². The molecule has 80 heavy (non-hydrogen) atoms. The molecule has 0 N–H and O–H groups in total. The smallest absolute Gasteiger partial charge is 0.306 e. The summed E-state index contributed by atoms with van der Waals surface area (Å²) in [5, 5.41) is 0. The number of hydrogen-bond donors (Lipinski definition) is 0. The van der Waals surface area contributed by atoms with E-state index in [4.69, 9.17) is 14.2 Å². The fraction of sp³-hybridized carbons (Fsp3) is 0.878. The van der Waals surface area contributed by atoms with Gasteiger partial charge in [-0.15, -0.1) is 0 Å². The third-order valence-electron chi connectivity index (χ3n) is 16.4. The standard InChI is InChI=1S/C74H138O6/c1-4-7-10-13-16-19-22-24-26-28-30-32-34-36-38-39-41-43-45-47-49-52-55-58-61-64-67-73(76)79-70-71(69-78-72(75)66-63-60-57-54-51-21-18-15-12-9-6-3)80-74(77)68-65-62-59-56-53-50-48-46-44-42-40-37-35-33-31-29-27-25-23-20-17-14-11-8-5-2/h23,25,29,31,35,37,71H,4-22,24,26-28,30,32-34,36,38-70H2,1-3H3/b25-23-,31-29-,37-35-. The van der Waals surface area contributed by atoms with E-state index in [1.54, 1.807) is 0 Å². The summed E-state index contributed by atoms with van der Waals surface area (Å²) < 4.78 is 17.0. The van der Waals surface area contributed by atoms with Crippen LogP contribution in [-0.4, -0.2) is 37.2 Å². The maximum atomic E-state index is 12.9. The summed E-state index contributed by atoms with van der Waals surface area (Å²) in [7, 11) is 0. The quantitative estimate of drug-likeness (QED) is 0.0261. The molecule has 0 aliphatic heterocycles. The summed E-state index contributed by atoms with van der Waals surface area (Å²) in [4.78, 5) is 38.4. The van der Waals surface area contributed by atoms with Crippen LogP contribution in [0.4, 0.5) is 0 Å². The Bertz CT molecular complexity index is 1340. The SMILES string of the molecule is CCCCCCC/C=C\C/C=C\C/C=C\CCCCCCCCCCCCC(=O)OC(COC(=O)CCCCCCCCCCCCC)COC(=O)CCCCCCCCCCCCCCCCCCCCCCCCCCCC. The van der Waals surface area contributed by atoms with Crippen molar-refractivity contribution in [3.05, 3.63) is 36.5 Å². The summed E-state index contributed by atoms with van der Waals surface area (Å²) in [5.41, 5.74) is 0. The van der Waals surface area contributed by atoms with E-state index >= 15 is 0 Å². The van der Waals surface area contributed by atoms with Crippen LogP contribution in [0.1, 0.15) is 400 Å². The third-order valence-corrected chi connectivity index (χ3v) is 16.4. The maximum Gasteiger partial charge on any atom is 0.306 e. The maximum absolute atomic E-state index is 12.9. The molecule has 0 amide bonds. The van der Waals surface area contributed by atoms with Crippen molar-refractivity contribution in [1.29, 1.82) is 0 Å². The molecule has 0 spiro atoms. The topological polar surface area (TPSA) is 78.9 Å². The number of allylic oxidation sites excluding steroid dienone is 6. The molecular formula is C74H138O6. The number of rotatable bonds is 67. The lowest BCUT2D eigenvalue weighted by Gasteiger charge is -2.18. The first-order valence-corrected chi connectivity index (χ1v) is 36.0. The molecule has 6 nitrogen and oxygen atoms in total. The molecule has 0 aliphatic carbocycles. The highest BCUT2D eigenvalue weighted by molar-refractivity contribution is 5.71. The molecule has 6 heteroatoms. The van der Waals surface area contributed by atoms with Gasteiger partial charge in [-0.3, -0.25) is 14.4 Å². The molecule has 0 aromatic rings. The van der Waals surface area contributed by atoms with Crippen LogP contribution in [0.15, 0.2) is 36.5 Å². The van der Waals surface area contributed by atoms with E-state index in [9.17, 15) is 14.4 Å². The zero-order valence-corrected chi connectivity index (χ0v) is 54.1. The minimum atomic E-state index is -0.771. The van der Waals surface area contributed by atoms with E-state index in [-0.39, 0.29) is 31.1 Å². The summed E-state index contributed by atoms with van der Waals surface area (Å²) >= 11 is 0. The van der Waals surface area contributed by atoms with E-state index in [1.807, 2.05) is 0 Å². The van der Waals surface area contributed by atoms with Gasteiger partial charge in [-0.1, -0.05) is 359 Å². The number of carbonyl (C=O) groups excluding carboxylic acids is 3. The van der Waals surface area contributed by atoms with Crippen molar-refractivity contribution in [2.24, 2.45) is 0 Å². The minimum absolute atomic E-state index is 0.0677. The van der Waals surface area contributed by atoms with E-state index in [0.717, 1.165) is 70.6 Å². The van der Waals surface area contributed by atoms with Gasteiger partial charge in [0.1, 0.15) is 13.2 Å². The monoisotopic (exact) mass is 1120 g/mol. The number of hydrogen-bond acceptors (Lipinski definition) is 6. The van der Waals surface area contributed by atoms with Gasteiger partial charge in [0.25, 0.3) is 0 Å². The van der Waals surface area contributed by atoms with Crippen LogP contribution in [-0.2, 0) is 28.6 Å². The third kappa shape index (κ3) is 66.4. The van der Waals surface area contributed by atoms with Gasteiger partial charge in [0.05, 0.1) is 0 Å². The van der Waals surface area contributed by atoms with E-state index in [0.29, 0.717) is 19.3 Å². The van der Waals surface area contributed by atoms with Crippen molar-refractivity contribution in [2.75, 3.05) is 13.2 Å². The minimum Gasteiger partial charge on any atom is -0.462 e. The first-order valence-electron chi connectivity index (χ1n) is 36.0. The fourth-order valence-corrected chi connectivity index (χ4v) is 11.0. The van der Waals surface area contributed by atoms with Crippen LogP contribution in [0.5, 0.6) is 0 Å². The summed E-state index contributed by atoms with van der Waals surface area (Å²) in [6, 6.07) is 0. The zero-order valence-electron chi connectivity index (χ0n) is 54.1. The average Bonchev–Trinajstić information content (AvgIpc) is 3.46. The first kappa shape index (κ1) is 77.6. The second kappa shape index (κ2) is 69.1. The lowest BCUT2D eigenvalue weighted by Crippen LogP contribution is -2.30. The van der Waals surface area contributed by atoms with Gasteiger partial charge in [0, 0.05) is 19.3 Å². The van der Waals surface area contributed by atoms with Gasteiger partial charge in [0.15, 0.2) is 6.10 Å². The zero-order chi connectivity index (χ0) is 57.8. The van der Waals surface area contributed by atoms with E-state index < -0.39 is 6.10 Å². The van der Waals surface area contributed by atoms with Gasteiger partial charge < -0.3 is 14.2 Å². The molecular weight excluding hydrogens is 985 g/mol. The van der Waals surface area contributed by atoms with Crippen LogP contribution in [0.2, 0.25) is 0 Å². The second-order valence-electron chi connectivity index (χ2n) is 24.5. The lowest BCUT2D eigenvalue weighted by atomic mass is 10.0. The summed E-state index contributed by atoms with van der Waals surface area (Å²) in [5.74, 6) is -0.843. The first-order chi connectivity index (χ1) is 39.5. The Morgan fingerprint density at radius 1 is 0.250 bits per heavy atom. The summed E-state index contributed by atoms with van der Waals surface area (Å²) in [6.45, 7) is 6.69. The Hall–Kier alpha value is -2.37. The normalized spacial score (nSPS) is 12.2. The van der Waals surface area contributed by atoms with Crippen molar-refractivity contribution in [3.8, 4) is 0 Å². The largest absolute Gasteiger partial charge is 0.462 e. The number of ether oxygens (including phenoxy) is 3. The van der Waals surface area contributed by atoms with Crippen LogP contribution >= 0.6 is 0 Å². The van der Waals surface area contributed by atoms with Gasteiger partial charge in [-0.25, -0.2) is 0 Å². The Balaban J connectivity index is 4.18. The number of carbonyl (C=O) groups is 3. The Labute approximate surface area is 499 Å². The average molecular weight is 1120 g/mol. The predicted molar refractivity (Wildman–Crippen MR) is 349 cm³/mol. The number of unbranched alkanes of at least 4 members (excludes halogenated alkanes) is 50. The van der Waals surface area contributed by atoms with Crippen LogP contribution < -0.4 is 0 Å². The van der Waals surface area contributed by atoms with Gasteiger partial charge in [-0.2, -0.15) is 0 Å². The van der Waals surface area contributed by atoms with Crippen molar-refractivity contribution in [3.63, 3.8) is 0 Å². The number of esters is 3. The molecule has 1 atom stereocenters. The molecule has 0 bridgehead atoms. The molecule has 0 heterocycles. The molecule has 0 fully saturated rings. The van der Waals surface area contributed by atoms with E-state index in [2.05, 4.69) is 57.2 Å². The van der Waals surface area contributed by atoms with Crippen LogP contribution in [0.25, 0.3) is 0 Å². The summed E-state index contributed by atoms with van der Waals surface area (Å²) in [6.07, 6.45) is 86.1. The van der Waals surface area contributed by atoms with Crippen molar-refractivity contribution in [1.82, 2.24) is 0 Å². The molecule has 0 radical (unpaired) electrons. The van der Waals surface area contributed by atoms with E-state index in [1.165, 1.54) is 289 Å². The highest BCUT2D eigenvalue weighted by Gasteiger charge is 2.19. The van der Waals surface area contributed by atoms with Gasteiger partial charge >= 0.3 is 17.9 Å². The lowest BCUT2D eigenvalue weighted by molar-refractivity contribution is -0.167. The molecule has 0 saturated carbocycles. The van der Waals surface area contributed by atoms with Crippen LogP contribution in [0, 0.1) is 0 Å². The molecule has 0 aromatic carbocycles. The second-order valence-corrected chi connectivity index (χ2v) is 24.5. The molecule has 470 valence electrons.